The van der Waals surface area contributed by atoms with E-state index >= 15 is 0 Å². The van der Waals surface area contributed by atoms with Crippen LogP contribution in [0.4, 0.5) is 5.69 Å². The second kappa shape index (κ2) is 8.24. The van der Waals surface area contributed by atoms with Gasteiger partial charge < -0.3 is 14.8 Å². The zero-order valence-electron chi connectivity index (χ0n) is 17.0. The number of hydrogen-bond donors (Lipinski definition) is 1. The lowest BCUT2D eigenvalue weighted by molar-refractivity contribution is -0.121. The van der Waals surface area contributed by atoms with E-state index in [2.05, 4.69) is 28.4 Å². The monoisotopic (exact) mass is 423 g/mol. The number of likely N-dealkylation sites (tertiary alicyclic amines) is 1. The summed E-state index contributed by atoms with van der Waals surface area (Å²) in [6, 6.07) is 13.6. The third-order valence-corrected chi connectivity index (χ3v) is 7.05. The molecule has 0 saturated carbocycles. The summed E-state index contributed by atoms with van der Waals surface area (Å²) in [6.07, 6.45) is 2.19. The van der Waals surface area contributed by atoms with E-state index in [4.69, 9.17) is 14.5 Å². The quantitative estimate of drug-likeness (QED) is 0.679. The van der Waals surface area contributed by atoms with Crippen LogP contribution in [-0.4, -0.2) is 48.1 Å². The van der Waals surface area contributed by atoms with Crippen molar-refractivity contribution in [2.75, 3.05) is 31.6 Å². The van der Waals surface area contributed by atoms with E-state index in [1.54, 1.807) is 11.3 Å². The van der Waals surface area contributed by atoms with Crippen LogP contribution in [0.3, 0.4) is 0 Å². The topological polar surface area (TPSA) is 63.7 Å². The lowest BCUT2D eigenvalue weighted by Gasteiger charge is -2.35. The first kappa shape index (κ1) is 19.3. The molecule has 2 aliphatic rings. The van der Waals surface area contributed by atoms with Crippen LogP contribution in [0.25, 0.3) is 10.2 Å². The van der Waals surface area contributed by atoms with Gasteiger partial charge in [0.1, 0.15) is 13.2 Å². The van der Waals surface area contributed by atoms with Crippen molar-refractivity contribution in [1.82, 2.24) is 9.88 Å². The van der Waals surface area contributed by atoms with Crippen LogP contribution < -0.4 is 14.8 Å². The number of benzene rings is 2. The highest BCUT2D eigenvalue weighted by Crippen LogP contribution is 2.34. The number of aromatic nitrogens is 1. The average Bonchev–Trinajstić information content (AvgIpc) is 3.23. The molecule has 0 bridgehead atoms. The summed E-state index contributed by atoms with van der Waals surface area (Å²) in [6.45, 7) is 4.85. The average molecular weight is 424 g/mol. The lowest BCUT2D eigenvalue weighted by Crippen LogP contribution is -2.46. The Balaban J connectivity index is 1.26. The zero-order chi connectivity index (χ0) is 20.5. The molecule has 2 atom stereocenters. The van der Waals surface area contributed by atoms with Crippen molar-refractivity contribution in [1.29, 1.82) is 0 Å². The molecular formula is C23H25N3O3S. The summed E-state index contributed by atoms with van der Waals surface area (Å²) < 4.78 is 12.4. The molecule has 2 aliphatic heterocycles. The van der Waals surface area contributed by atoms with Crippen molar-refractivity contribution in [2.45, 2.75) is 31.7 Å². The van der Waals surface area contributed by atoms with Gasteiger partial charge in [-0.1, -0.05) is 12.1 Å². The molecule has 7 heteroatoms. The molecule has 1 aromatic heterocycles. The van der Waals surface area contributed by atoms with Gasteiger partial charge in [0, 0.05) is 24.2 Å². The number of carbonyl (C=O) groups excluding carboxylic acids is 1. The number of anilines is 1. The van der Waals surface area contributed by atoms with E-state index in [0.29, 0.717) is 24.9 Å². The minimum absolute atomic E-state index is 0.00312. The number of thiazole rings is 1. The Morgan fingerprint density at radius 3 is 2.90 bits per heavy atom. The number of nitrogens with zero attached hydrogens (tertiary/aromatic N) is 2. The first-order valence-electron chi connectivity index (χ1n) is 10.5. The molecule has 156 valence electrons. The standard InChI is InChI=1S/C23H25N3O3S/c1-15(22(27)24-17-8-9-19-20(13-17)29-12-11-28-19)26-10-4-5-16(14-26)23-25-18-6-2-3-7-21(18)30-23/h2-3,6-9,13,15-16H,4-5,10-12,14H2,1H3,(H,24,27)/t15-,16+/m1/s1. The maximum atomic E-state index is 12.9. The van der Waals surface area contributed by atoms with Gasteiger partial charge in [0.25, 0.3) is 0 Å². The smallest absolute Gasteiger partial charge is 0.241 e. The Hall–Kier alpha value is -2.64. The third-order valence-electron chi connectivity index (χ3n) is 5.85. The van der Waals surface area contributed by atoms with Crippen LogP contribution >= 0.6 is 11.3 Å². The molecule has 1 N–H and O–H groups in total. The second-order valence-corrected chi connectivity index (χ2v) is 8.94. The Labute approximate surface area is 179 Å². The van der Waals surface area contributed by atoms with Crippen LogP contribution in [-0.2, 0) is 4.79 Å². The van der Waals surface area contributed by atoms with Crippen molar-refractivity contribution < 1.29 is 14.3 Å². The number of fused-ring (bicyclic) bond motifs is 2. The van der Waals surface area contributed by atoms with E-state index in [1.165, 1.54) is 9.71 Å². The molecular weight excluding hydrogens is 398 g/mol. The van der Waals surface area contributed by atoms with E-state index in [1.807, 2.05) is 31.2 Å². The van der Waals surface area contributed by atoms with Crippen LogP contribution in [0.5, 0.6) is 11.5 Å². The van der Waals surface area contributed by atoms with E-state index in [9.17, 15) is 4.79 Å². The highest BCUT2D eigenvalue weighted by Gasteiger charge is 2.30. The Bertz CT molecular complexity index is 1030. The first-order valence-corrected chi connectivity index (χ1v) is 11.3. The number of carbonyl (C=O) groups is 1. The van der Waals surface area contributed by atoms with Crippen LogP contribution in [0.15, 0.2) is 42.5 Å². The molecule has 0 unspecified atom stereocenters. The summed E-state index contributed by atoms with van der Waals surface area (Å²) in [5.41, 5.74) is 1.80. The number of ether oxygens (including phenoxy) is 2. The van der Waals surface area contributed by atoms with Gasteiger partial charge in [-0.25, -0.2) is 4.98 Å². The molecule has 3 aromatic rings. The summed E-state index contributed by atoms with van der Waals surface area (Å²) in [4.78, 5) is 20.0. The van der Waals surface area contributed by atoms with Crippen molar-refractivity contribution >= 4 is 33.1 Å². The molecule has 30 heavy (non-hydrogen) atoms. The molecule has 1 saturated heterocycles. The van der Waals surface area contributed by atoms with Crippen molar-refractivity contribution in [2.24, 2.45) is 0 Å². The summed E-state index contributed by atoms with van der Waals surface area (Å²) >= 11 is 1.78. The zero-order valence-corrected chi connectivity index (χ0v) is 17.8. The fourth-order valence-corrected chi connectivity index (χ4v) is 5.25. The molecule has 1 fully saturated rings. The van der Waals surface area contributed by atoms with Gasteiger partial charge in [-0.2, -0.15) is 0 Å². The molecule has 0 spiro atoms. The highest BCUT2D eigenvalue weighted by atomic mass is 32.1. The molecule has 3 heterocycles. The van der Waals surface area contributed by atoms with Gasteiger partial charge in [-0.3, -0.25) is 9.69 Å². The molecule has 5 rings (SSSR count). The van der Waals surface area contributed by atoms with Crippen molar-refractivity contribution in [3.8, 4) is 11.5 Å². The van der Waals surface area contributed by atoms with Crippen molar-refractivity contribution in [3.63, 3.8) is 0 Å². The number of hydrogen-bond acceptors (Lipinski definition) is 6. The third kappa shape index (κ3) is 3.87. The molecule has 6 nitrogen and oxygen atoms in total. The molecule has 1 amide bonds. The highest BCUT2D eigenvalue weighted by molar-refractivity contribution is 7.18. The van der Waals surface area contributed by atoms with Gasteiger partial charge in [-0.05, 0) is 50.6 Å². The lowest BCUT2D eigenvalue weighted by atomic mass is 9.97. The number of rotatable bonds is 4. The Morgan fingerprint density at radius 1 is 1.20 bits per heavy atom. The number of para-hydroxylation sites is 1. The van der Waals surface area contributed by atoms with Crippen LogP contribution in [0.1, 0.15) is 30.7 Å². The van der Waals surface area contributed by atoms with E-state index < -0.39 is 0 Å². The molecule has 0 aliphatic carbocycles. The van der Waals surface area contributed by atoms with Crippen LogP contribution in [0, 0.1) is 0 Å². The first-order chi connectivity index (χ1) is 14.7. The van der Waals surface area contributed by atoms with E-state index in [-0.39, 0.29) is 11.9 Å². The van der Waals surface area contributed by atoms with Gasteiger partial charge >= 0.3 is 0 Å². The SMILES string of the molecule is C[C@H](C(=O)Nc1ccc2c(c1)OCCO2)N1CCC[C@H](c2nc3ccccc3s2)C1. The van der Waals surface area contributed by atoms with Gasteiger partial charge in [0.05, 0.1) is 21.3 Å². The Kier molecular flexibility index (Phi) is 5.31. The van der Waals surface area contributed by atoms with Crippen molar-refractivity contribution in [3.05, 3.63) is 47.5 Å². The predicted octanol–water partition coefficient (Wildman–Crippen LogP) is 4.27. The maximum absolute atomic E-state index is 12.9. The minimum atomic E-state index is -0.213. The van der Waals surface area contributed by atoms with Gasteiger partial charge in [-0.15, -0.1) is 11.3 Å². The summed E-state index contributed by atoms with van der Waals surface area (Å²) in [7, 11) is 0. The van der Waals surface area contributed by atoms with Crippen LogP contribution in [0.2, 0.25) is 0 Å². The minimum Gasteiger partial charge on any atom is -0.486 e. The maximum Gasteiger partial charge on any atom is 0.241 e. The predicted molar refractivity (Wildman–Crippen MR) is 119 cm³/mol. The fourth-order valence-electron chi connectivity index (χ4n) is 4.16. The van der Waals surface area contributed by atoms with Gasteiger partial charge in [0.2, 0.25) is 5.91 Å². The summed E-state index contributed by atoms with van der Waals surface area (Å²) in [5.74, 6) is 1.78. The van der Waals surface area contributed by atoms with E-state index in [0.717, 1.165) is 42.9 Å². The number of amides is 1. The fraction of sp³-hybridized carbons (Fsp3) is 0.391. The number of nitrogens with one attached hydrogen (secondary N) is 1. The Morgan fingerprint density at radius 2 is 2.03 bits per heavy atom. The second-order valence-electron chi connectivity index (χ2n) is 7.88. The molecule has 0 radical (unpaired) electrons. The summed E-state index contributed by atoms with van der Waals surface area (Å²) in [5, 5.41) is 4.22. The van der Waals surface area contributed by atoms with Gasteiger partial charge in [0.15, 0.2) is 11.5 Å². The largest absolute Gasteiger partial charge is 0.486 e. The molecule has 2 aromatic carbocycles. The number of piperidine rings is 1. The normalized spacial score (nSPS) is 20.1.